The zero-order valence-electron chi connectivity index (χ0n) is 11.4. The Balaban J connectivity index is 2.34. The van der Waals surface area contributed by atoms with Gasteiger partial charge in [-0.05, 0) is 0 Å². The molecule has 0 unspecified atom stereocenters. The predicted octanol–water partition coefficient (Wildman–Crippen LogP) is -2.90. The van der Waals surface area contributed by atoms with Crippen molar-refractivity contribution in [3.8, 4) is 0 Å². The molecule has 11 nitrogen and oxygen atoms in total. The molecule has 0 aliphatic carbocycles. The average molecular weight is 334 g/mol. The summed E-state index contributed by atoms with van der Waals surface area (Å²) in [6, 6.07) is 0. The summed E-state index contributed by atoms with van der Waals surface area (Å²) in [6.45, 7) is -1.69. The number of carbonyl (C=O) groups excluding carboxylic acids is 2. The van der Waals surface area contributed by atoms with Crippen molar-refractivity contribution in [2.45, 2.75) is 24.4 Å². The van der Waals surface area contributed by atoms with Gasteiger partial charge in [0.05, 0.1) is 13.2 Å². The number of hydrogen-bond acceptors (Lipinski definition) is 11. The molecule has 0 aromatic carbocycles. The van der Waals surface area contributed by atoms with E-state index in [4.69, 9.17) is 14.9 Å². The van der Waals surface area contributed by atoms with E-state index in [0.717, 1.165) is 0 Å². The largest absolute Gasteiger partial charge is 0.499 e. The molecule has 0 aromatic heterocycles. The van der Waals surface area contributed by atoms with E-state index < -0.39 is 72.6 Å². The third-order valence-corrected chi connectivity index (χ3v) is 3.13. The van der Waals surface area contributed by atoms with Crippen molar-refractivity contribution in [1.82, 2.24) is 0 Å². The second-order valence-corrected chi connectivity index (χ2v) is 4.68. The van der Waals surface area contributed by atoms with E-state index in [1.54, 1.807) is 0 Å². The highest BCUT2D eigenvalue weighted by molar-refractivity contribution is 5.90. The molecule has 0 fully saturated rings. The topological polar surface area (TPSA) is 183 Å². The minimum Gasteiger partial charge on any atom is -0.499 e. The highest BCUT2D eigenvalue weighted by atomic mass is 16.6. The van der Waals surface area contributed by atoms with Crippen LogP contribution in [0.25, 0.3) is 0 Å². The molecule has 2 rings (SSSR count). The smallest absolute Gasteiger partial charge is 0.378 e. The zero-order chi connectivity index (χ0) is 17.3. The second kappa shape index (κ2) is 6.42. The number of esters is 2. The quantitative estimate of drug-likeness (QED) is 0.274. The fourth-order valence-electron chi connectivity index (χ4n) is 1.95. The molecule has 2 aliphatic heterocycles. The van der Waals surface area contributed by atoms with Crippen molar-refractivity contribution < 1.29 is 54.4 Å². The van der Waals surface area contributed by atoms with E-state index in [0.29, 0.717) is 0 Å². The van der Waals surface area contributed by atoms with Crippen LogP contribution in [0.1, 0.15) is 0 Å². The van der Waals surface area contributed by atoms with Gasteiger partial charge in [-0.25, -0.2) is 9.59 Å². The van der Waals surface area contributed by atoms with Gasteiger partial charge >= 0.3 is 11.9 Å². The van der Waals surface area contributed by atoms with Gasteiger partial charge in [0.25, 0.3) is 0 Å². The predicted molar refractivity (Wildman–Crippen MR) is 66.3 cm³/mol. The van der Waals surface area contributed by atoms with Gasteiger partial charge in [-0.1, -0.05) is 0 Å². The lowest BCUT2D eigenvalue weighted by Gasteiger charge is -2.21. The van der Waals surface area contributed by atoms with Gasteiger partial charge in [0.1, 0.15) is 12.2 Å². The minimum absolute atomic E-state index is 0.688. The van der Waals surface area contributed by atoms with Crippen molar-refractivity contribution in [3.05, 3.63) is 23.0 Å². The summed E-state index contributed by atoms with van der Waals surface area (Å²) in [4.78, 5) is 22.7. The fraction of sp³-hybridized carbons (Fsp3) is 0.500. The Bertz CT molecular complexity index is 528. The summed E-state index contributed by atoms with van der Waals surface area (Å²) >= 11 is 0. The molecule has 2 aliphatic rings. The van der Waals surface area contributed by atoms with Gasteiger partial charge in [-0.15, -0.1) is 0 Å². The molecule has 0 saturated heterocycles. The van der Waals surface area contributed by atoms with Gasteiger partial charge in [-0.3, -0.25) is 0 Å². The number of rotatable bonds is 6. The summed E-state index contributed by atoms with van der Waals surface area (Å²) in [6.07, 6.45) is -6.51. The van der Waals surface area contributed by atoms with Crippen LogP contribution >= 0.6 is 0 Å². The first-order valence-electron chi connectivity index (χ1n) is 6.35. The first-order chi connectivity index (χ1) is 10.8. The Morgan fingerprint density at radius 1 is 0.870 bits per heavy atom. The van der Waals surface area contributed by atoms with Crippen LogP contribution in [0.15, 0.2) is 23.0 Å². The Hall–Kier alpha value is -2.34. The summed E-state index contributed by atoms with van der Waals surface area (Å²) in [5.41, 5.74) is 0. The van der Waals surface area contributed by atoms with Crippen molar-refractivity contribution in [2.24, 2.45) is 0 Å². The van der Waals surface area contributed by atoms with E-state index in [2.05, 4.69) is 9.47 Å². The van der Waals surface area contributed by atoms with Crippen LogP contribution in [0.4, 0.5) is 0 Å². The minimum atomic E-state index is -1.65. The van der Waals surface area contributed by atoms with Crippen LogP contribution in [0.5, 0.6) is 0 Å². The second-order valence-electron chi connectivity index (χ2n) is 4.68. The van der Waals surface area contributed by atoms with Gasteiger partial charge in [-0.2, -0.15) is 0 Å². The molecule has 4 atom stereocenters. The number of aliphatic hydroxyl groups is 6. The molecule has 23 heavy (non-hydrogen) atoms. The molecular weight excluding hydrogens is 320 g/mol. The first kappa shape index (κ1) is 17.0. The number of carbonyl (C=O) groups is 2. The van der Waals surface area contributed by atoms with E-state index in [9.17, 15) is 30.0 Å². The molecule has 128 valence electrons. The van der Waals surface area contributed by atoms with Crippen LogP contribution < -0.4 is 0 Å². The number of aliphatic hydroxyl groups excluding tert-OH is 6. The molecule has 0 amide bonds. The maximum Gasteiger partial charge on any atom is 0.378 e. The molecular formula is C12H14O11. The van der Waals surface area contributed by atoms with Crippen LogP contribution in [-0.2, 0) is 23.8 Å². The molecule has 0 radical (unpaired) electrons. The lowest BCUT2D eigenvalue weighted by atomic mass is 10.1. The van der Waals surface area contributed by atoms with Crippen molar-refractivity contribution in [1.29, 1.82) is 0 Å². The normalized spacial score (nSPS) is 27.1. The highest BCUT2D eigenvalue weighted by Crippen LogP contribution is 2.32. The Morgan fingerprint density at radius 2 is 1.22 bits per heavy atom. The summed E-state index contributed by atoms with van der Waals surface area (Å²) in [5.74, 6) is -6.01. The van der Waals surface area contributed by atoms with Crippen LogP contribution in [0, 0.1) is 0 Å². The van der Waals surface area contributed by atoms with E-state index >= 15 is 0 Å². The van der Waals surface area contributed by atoms with Crippen molar-refractivity contribution in [2.75, 3.05) is 13.2 Å². The average Bonchev–Trinajstić information content (AvgIpc) is 2.98. The van der Waals surface area contributed by atoms with Gasteiger partial charge < -0.3 is 44.8 Å². The monoisotopic (exact) mass is 334 g/mol. The maximum absolute atomic E-state index is 11.3. The van der Waals surface area contributed by atoms with Gasteiger partial charge in [0, 0.05) is 0 Å². The zero-order valence-corrected chi connectivity index (χ0v) is 11.4. The molecule has 11 heteroatoms. The molecule has 0 bridgehead atoms. The molecule has 0 aromatic rings. The lowest BCUT2D eigenvalue weighted by molar-refractivity contribution is -0.148. The molecule has 0 spiro atoms. The van der Waals surface area contributed by atoms with Crippen molar-refractivity contribution >= 4 is 11.9 Å². The number of ether oxygens (including phenoxy) is 3. The SMILES string of the molecule is O=C1O[C@H]([C@@H](O)CO)C(OC2=C(O)C(=O)O[C@@H]2[C@@H](O)CO)=C1O. The van der Waals surface area contributed by atoms with Gasteiger partial charge in [0.2, 0.25) is 11.5 Å². The Morgan fingerprint density at radius 3 is 1.52 bits per heavy atom. The molecule has 0 saturated carbocycles. The maximum atomic E-state index is 11.3. The third-order valence-electron chi connectivity index (χ3n) is 3.13. The van der Waals surface area contributed by atoms with Gasteiger partial charge in [0.15, 0.2) is 23.7 Å². The van der Waals surface area contributed by atoms with Crippen molar-refractivity contribution in [3.63, 3.8) is 0 Å². The summed E-state index contributed by atoms with van der Waals surface area (Å²) in [7, 11) is 0. The van der Waals surface area contributed by atoms with Crippen LogP contribution in [0.3, 0.4) is 0 Å². The third kappa shape index (κ3) is 2.94. The van der Waals surface area contributed by atoms with E-state index in [1.807, 2.05) is 0 Å². The molecule has 6 N–H and O–H groups in total. The Labute approximate surface area is 128 Å². The standard InChI is InChI=1S/C12H14O11/c13-1-3(15)7-9(5(17)11(19)22-7)21-10-6(18)12(20)23-8(10)4(16)2-14/h3-4,7-8,13-18H,1-2H2/t3-,4-,7+,8+/m0/s1. The number of hydrogen-bond donors (Lipinski definition) is 6. The molecule has 2 heterocycles. The van der Waals surface area contributed by atoms with E-state index in [1.165, 1.54) is 0 Å². The Kier molecular flexibility index (Phi) is 4.75. The first-order valence-corrected chi connectivity index (χ1v) is 6.35. The van der Waals surface area contributed by atoms with Crippen LogP contribution in [-0.4, -0.2) is 80.2 Å². The fourth-order valence-corrected chi connectivity index (χ4v) is 1.95. The van der Waals surface area contributed by atoms with E-state index in [-0.39, 0.29) is 0 Å². The summed E-state index contributed by atoms with van der Waals surface area (Å²) in [5, 5.41) is 56.1. The number of cyclic esters (lactones) is 2. The van der Waals surface area contributed by atoms with Crippen LogP contribution in [0.2, 0.25) is 0 Å². The highest BCUT2D eigenvalue weighted by Gasteiger charge is 2.46. The lowest BCUT2D eigenvalue weighted by Crippen LogP contribution is -2.35. The summed E-state index contributed by atoms with van der Waals surface area (Å²) < 4.78 is 14.2.